The molecule has 1 fully saturated rings. The highest BCUT2D eigenvalue weighted by Crippen LogP contribution is 2.28. The third-order valence-corrected chi connectivity index (χ3v) is 6.95. The van der Waals surface area contributed by atoms with Crippen LogP contribution in [-0.2, 0) is 4.74 Å². The molecule has 1 atom stereocenters. The van der Waals surface area contributed by atoms with E-state index in [9.17, 15) is 14.4 Å². The Bertz CT molecular complexity index is 910. The number of carbonyl (C=O) groups is 3. The van der Waals surface area contributed by atoms with Gasteiger partial charge < -0.3 is 14.6 Å². The van der Waals surface area contributed by atoms with Gasteiger partial charge in [-0.1, -0.05) is 25.3 Å². The van der Waals surface area contributed by atoms with Crippen LogP contribution in [0.2, 0.25) is 0 Å². The van der Waals surface area contributed by atoms with Gasteiger partial charge in [-0.25, -0.2) is 4.79 Å². The van der Waals surface area contributed by atoms with E-state index in [0.29, 0.717) is 34.2 Å². The number of carbonyl (C=O) groups excluding carboxylic acids is 3. The molecule has 0 radical (unpaired) electrons. The number of esters is 1. The van der Waals surface area contributed by atoms with Gasteiger partial charge in [0.2, 0.25) is 0 Å². The first kappa shape index (κ1) is 22.3. The number of hydrogen-bond acceptors (Lipinski definition) is 5. The maximum atomic E-state index is 13.5. The van der Waals surface area contributed by atoms with Crippen molar-refractivity contribution in [3.05, 3.63) is 44.9 Å². The molecule has 2 heterocycles. The maximum absolute atomic E-state index is 13.5. The zero-order valence-electron chi connectivity index (χ0n) is 18.1. The van der Waals surface area contributed by atoms with Gasteiger partial charge in [0.25, 0.3) is 5.91 Å². The second kappa shape index (κ2) is 9.60. The van der Waals surface area contributed by atoms with Crippen LogP contribution in [0, 0.1) is 19.8 Å². The second-order valence-corrected chi connectivity index (χ2v) is 9.04. The zero-order chi connectivity index (χ0) is 21.8. The molecule has 0 saturated heterocycles. The highest BCUT2D eigenvalue weighted by molar-refractivity contribution is 7.12. The molecule has 0 aromatic carbocycles. The lowest BCUT2D eigenvalue weighted by molar-refractivity contribution is 0.0580. The molecule has 0 unspecified atom stereocenters. The van der Waals surface area contributed by atoms with Crippen LogP contribution in [0.5, 0.6) is 0 Å². The Hall–Kier alpha value is -2.41. The summed E-state index contributed by atoms with van der Waals surface area (Å²) in [6, 6.07) is 3.03. The Morgan fingerprint density at radius 2 is 1.93 bits per heavy atom. The average Bonchev–Trinajstić information content (AvgIpc) is 3.39. The van der Waals surface area contributed by atoms with Crippen molar-refractivity contribution < 1.29 is 19.1 Å². The predicted molar refractivity (Wildman–Crippen MR) is 117 cm³/mol. The summed E-state index contributed by atoms with van der Waals surface area (Å²) in [7, 11) is 1.31. The summed E-state index contributed by atoms with van der Waals surface area (Å²) in [4.78, 5) is 44.2. The number of aryl methyl sites for hydroxylation is 1. The number of hydrogen-bond donors (Lipinski definition) is 1. The Balaban J connectivity index is 1.91. The molecule has 0 bridgehead atoms. The molecule has 7 heteroatoms. The molecule has 3 rings (SSSR count). The van der Waals surface area contributed by atoms with Gasteiger partial charge in [-0.15, -0.1) is 11.3 Å². The van der Waals surface area contributed by atoms with Gasteiger partial charge in [-0.05, 0) is 56.5 Å². The topological polar surface area (TPSA) is 79.5 Å². The van der Waals surface area contributed by atoms with Gasteiger partial charge in [0.05, 0.1) is 18.0 Å². The predicted octanol–water partition coefficient (Wildman–Crippen LogP) is 4.77. The van der Waals surface area contributed by atoms with Gasteiger partial charge in [-0.2, -0.15) is 0 Å². The largest absolute Gasteiger partial charge is 0.464 e. The number of rotatable bonds is 7. The number of ether oxygens (including phenoxy) is 1. The molecule has 1 N–H and O–H groups in total. The fourth-order valence-corrected chi connectivity index (χ4v) is 5.06. The molecule has 1 amide bonds. The molecular formula is C23H30N2O4S. The Morgan fingerprint density at radius 3 is 2.53 bits per heavy atom. The van der Waals surface area contributed by atoms with Crippen molar-refractivity contribution in [2.45, 2.75) is 58.9 Å². The first-order chi connectivity index (χ1) is 14.3. The standard InChI is InChI=1S/C23H30N2O4S/c1-14-19(15(2)24-20(14)23(28)29-4)21(26)16(3)25(13-17-9-6-5-7-10-17)22(27)18-11-8-12-30-18/h8,11-12,16-17,24H,5-7,9-10,13H2,1-4H3/t16-/m1/s1. The van der Waals surface area contributed by atoms with E-state index in [1.54, 1.807) is 31.7 Å². The van der Waals surface area contributed by atoms with Gasteiger partial charge in [0.1, 0.15) is 5.69 Å². The summed E-state index contributed by atoms with van der Waals surface area (Å²) in [5.74, 6) is -0.347. The van der Waals surface area contributed by atoms with E-state index in [0.717, 1.165) is 12.8 Å². The minimum atomic E-state index is -0.625. The number of methoxy groups -OCH3 is 1. The van der Waals surface area contributed by atoms with Crippen LogP contribution in [0.15, 0.2) is 17.5 Å². The number of nitrogens with zero attached hydrogens (tertiary/aromatic N) is 1. The number of aromatic nitrogens is 1. The van der Waals surface area contributed by atoms with E-state index >= 15 is 0 Å². The van der Waals surface area contributed by atoms with Crippen LogP contribution in [-0.4, -0.2) is 47.2 Å². The third kappa shape index (κ3) is 4.51. The lowest BCUT2D eigenvalue weighted by atomic mass is 9.88. The van der Waals surface area contributed by atoms with Crippen LogP contribution in [0.25, 0.3) is 0 Å². The first-order valence-electron chi connectivity index (χ1n) is 10.5. The SMILES string of the molecule is COC(=O)c1[nH]c(C)c(C(=O)[C@@H](C)N(CC2CCCCC2)C(=O)c2cccs2)c1C. The van der Waals surface area contributed by atoms with Crippen molar-refractivity contribution in [1.82, 2.24) is 9.88 Å². The van der Waals surface area contributed by atoms with Crippen LogP contribution in [0.1, 0.15) is 80.8 Å². The zero-order valence-corrected chi connectivity index (χ0v) is 18.9. The van der Waals surface area contributed by atoms with E-state index in [1.807, 2.05) is 11.4 Å². The molecule has 162 valence electrons. The van der Waals surface area contributed by atoms with E-state index in [2.05, 4.69) is 4.98 Å². The summed E-state index contributed by atoms with van der Waals surface area (Å²) in [5, 5.41) is 1.88. The van der Waals surface area contributed by atoms with E-state index in [4.69, 9.17) is 4.74 Å². The lowest BCUT2D eigenvalue weighted by Crippen LogP contribution is -2.46. The van der Waals surface area contributed by atoms with Crippen LogP contribution < -0.4 is 0 Å². The molecule has 1 saturated carbocycles. The summed E-state index contributed by atoms with van der Waals surface area (Å²) in [5.41, 5.74) is 1.94. The summed E-state index contributed by atoms with van der Waals surface area (Å²) >= 11 is 1.39. The van der Waals surface area contributed by atoms with E-state index in [1.165, 1.54) is 37.7 Å². The highest BCUT2D eigenvalue weighted by atomic mass is 32.1. The summed E-state index contributed by atoms with van der Waals surface area (Å²) in [6.45, 7) is 5.88. The Labute approximate surface area is 181 Å². The van der Waals surface area contributed by atoms with E-state index in [-0.39, 0.29) is 17.4 Å². The van der Waals surface area contributed by atoms with Crippen molar-refractivity contribution in [2.24, 2.45) is 5.92 Å². The number of Topliss-reactive ketones (excluding diaryl/α,β-unsaturated/α-hetero) is 1. The summed E-state index contributed by atoms with van der Waals surface area (Å²) < 4.78 is 4.82. The molecule has 30 heavy (non-hydrogen) atoms. The smallest absolute Gasteiger partial charge is 0.354 e. The minimum absolute atomic E-state index is 0.101. The maximum Gasteiger partial charge on any atom is 0.354 e. The monoisotopic (exact) mass is 430 g/mol. The summed E-state index contributed by atoms with van der Waals surface area (Å²) in [6.07, 6.45) is 5.76. The number of amides is 1. The van der Waals surface area contributed by atoms with Gasteiger partial charge in [0.15, 0.2) is 5.78 Å². The average molecular weight is 431 g/mol. The van der Waals surface area contributed by atoms with Crippen molar-refractivity contribution in [3.63, 3.8) is 0 Å². The number of ketones is 1. The first-order valence-corrected chi connectivity index (χ1v) is 11.4. The van der Waals surface area contributed by atoms with Crippen LogP contribution in [0.3, 0.4) is 0 Å². The number of H-pyrrole nitrogens is 1. The van der Waals surface area contributed by atoms with Crippen LogP contribution >= 0.6 is 11.3 Å². The van der Waals surface area contributed by atoms with Crippen molar-refractivity contribution in [3.8, 4) is 0 Å². The molecule has 0 spiro atoms. The van der Waals surface area contributed by atoms with Gasteiger partial charge in [0, 0.05) is 17.8 Å². The Kier molecular flexibility index (Phi) is 7.13. The van der Waals surface area contributed by atoms with E-state index < -0.39 is 12.0 Å². The van der Waals surface area contributed by atoms with Gasteiger partial charge >= 0.3 is 5.97 Å². The molecule has 0 aliphatic heterocycles. The molecular weight excluding hydrogens is 400 g/mol. The van der Waals surface area contributed by atoms with Gasteiger partial charge in [-0.3, -0.25) is 9.59 Å². The number of nitrogens with one attached hydrogen (secondary N) is 1. The minimum Gasteiger partial charge on any atom is -0.464 e. The molecule has 2 aromatic rings. The lowest BCUT2D eigenvalue weighted by Gasteiger charge is -2.33. The van der Waals surface area contributed by atoms with Crippen LogP contribution in [0.4, 0.5) is 0 Å². The van der Waals surface area contributed by atoms with Crippen molar-refractivity contribution in [2.75, 3.05) is 13.7 Å². The molecule has 6 nitrogen and oxygen atoms in total. The molecule has 1 aliphatic carbocycles. The Morgan fingerprint density at radius 1 is 1.23 bits per heavy atom. The fourth-order valence-electron chi connectivity index (χ4n) is 4.38. The quantitative estimate of drug-likeness (QED) is 0.507. The van der Waals surface area contributed by atoms with Crippen molar-refractivity contribution in [1.29, 1.82) is 0 Å². The molecule has 2 aromatic heterocycles. The normalized spacial score (nSPS) is 15.6. The number of aromatic amines is 1. The van der Waals surface area contributed by atoms with Crippen molar-refractivity contribution >= 4 is 29.0 Å². The number of thiophene rings is 1. The fraction of sp³-hybridized carbons (Fsp3) is 0.522. The molecule has 1 aliphatic rings. The second-order valence-electron chi connectivity index (χ2n) is 8.10. The highest BCUT2D eigenvalue weighted by Gasteiger charge is 2.33. The third-order valence-electron chi connectivity index (χ3n) is 6.09.